The molecule has 5 nitrogen and oxygen atoms in total. The number of nitrogens with zero attached hydrogens (tertiary/aromatic N) is 2. The van der Waals surface area contributed by atoms with Crippen molar-refractivity contribution in [3.8, 4) is 17.2 Å². The Morgan fingerprint density at radius 2 is 1.58 bits per heavy atom. The van der Waals surface area contributed by atoms with Crippen LogP contribution in [0.1, 0.15) is 47.6 Å². The van der Waals surface area contributed by atoms with Crippen LogP contribution in [0.4, 0.5) is 0 Å². The van der Waals surface area contributed by atoms with Gasteiger partial charge in [-0.1, -0.05) is 42.8 Å². The largest absolute Gasteiger partial charge is 0.508 e. The summed E-state index contributed by atoms with van der Waals surface area (Å²) in [6, 6.07) is 14.6. The van der Waals surface area contributed by atoms with E-state index in [1.807, 2.05) is 24.3 Å². The number of hydrogen-bond acceptors (Lipinski definition) is 4. The highest BCUT2D eigenvalue weighted by Crippen LogP contribution is 2.38. The van der Waals surface area contributed by atoms with Crippen molar-refractivity contribution in [3.63, 3.8) is 0 Å². The number of aromatic amines is 1. The summed E-state index contributed by atoms with van der Waals surface area (Å²) in [5.74, 6) is 2.06. The second kappa shape index (κ2) is 10.1. The summed E-state index contributed by atoms with van der Waals surface area (Å²) >= 11 is 0. The summed E-state index contributed by atoms with van der Waals surface area (Å²) in [5, 5.41) is 19.6. The average molecular weight is 418 g/mol. The normalized spacial score (nSPS) is 10.6. The monoisotopic (exact) mass is 417 g/mol. The number of para-hydroxylation sites is 1. The molecule has 1 aromatic heterocycles. The average Bonchev–Trinajstić information content (AvgIpc) is 3.26. The highest BCUT2D eigenvalue weighted by molar-refractivity contribution is 5.80. The summed E-state index contributed by atoms with van der Waals surface area (Å²) in [4.78, 5) is 0. The van der Waals surface area contributed by atoms with E-state index in [1.165, 1.54) is 34.2 Å². The SMILES string of the molecule is CCCCc1c(C)c(C)c(C)c(C)c1Oc1cccc2[nH]nnc12.Oc1ccccc1. The lowest BCUT2D eigenvalue weighted by Crippen LogP contribution is -2.03. The van der Waals surface area contributed by atoms with Crippen molar-refractivity contribution in [2.24, 2.45) is 0 Å². The fraction of sp³-hybridized carbons (Fsp3) is 0.308. The maximum absolute atomic E-state index is 8.63. The van der Waals surface area contributed by atoms with Crippen LogP contribution < -0.4 is 4.74 Å². The molecule has 5 heteroatoms. The fourth-order valence-corrected chi connectivity index (χ4v) is 3.61. The Balaban J connectivity index is 0.000000330. The number of unbranched alkanes of at least 4 members (excludes halogenated alkanes) is 1. The topological polar surface area (TPSA) is 71.0 Å². The maximum atomic E-state index is 8.63. The molecule has 0 fully saturated rings. The molecule has 0 unspecified atom stereocenters. The van der Waals surface area contributed by atoms with Crippen molar-refractivity contribution in [1.29, 1.82) is 0 Å². The van der Waals surface area contributed by atoms with Crippen LogP contribution in [0, 0.1) is 27.7 Å². The highest BCUT2D eigenvalue weighted by Gasteiger charge is 2.18. The molecule has 0 spiro atoms. The molecular weight excluding hydrogens is 386 g/mol. The minimum absolute atomic E-state index is 0.322. The van der Waals surface area contributed by atoms with E-state index in [1.54, 1.807) is 24.3 Å². The Morgan fingerprint density at radius 1 is 0.871 bits per heavy atom. The number of H-pyrrole nitrogens is 1. The van der Waals surface area contributed by atoms with Crippen LogP contribution in [-0.2, 0) is 6.42 Å². The van der Waals surface area contributed by atoms with Gasteiger partial charge in [-0.05, 0) is 92.6 Å². The van der Waals surface area contributed by atoms with Crippen molar-refractivity contribution in [2.75, 3.05) is 0 Å². The summed E-state index contributed by atoms with van der Waals surface area (Å²) in [6.07, 6.45) is 3.37. The van der Waals surface area contributed by atoms with Crippen LogP contribution in [0.2, 0.25) is 0 Å². The molecule has 0 aliphatic carbocycles. The van der Waals surface area contributed by atoms with E-state index >= 15 is 0 Å². The lowest BCUT2D eigenvalue weighted by molar-refractivity contribution is 0.473. The number of phenols is 1. The van der Waals surface area contributed by atoms with Crippen molar-refractivity contribution in [1.82, 2.24) is 15.4 Å². The molecule has 3 aromatic carbocycles. The molecule has 0 bridgehead atoms. The first-order valence-electron chi connectivity index (χ1n) is 10.7. The molecule has 31 heavy (non-hydrogen) atoms. The first kappa shape index (κ1) is 22.3. The molecule has 4 rings (SSSR count). The van der Waals surface area contributed by atoms with Gasteiger partial charge in [0, 0.05) is 0 Å². The van der Waals surface area contributed by atoms with E-state index in [2.05, 4.69) is 50.0 Å². The summed E-state index contributed by atoms with van der Waals surface area (Å²) < 4.78 is 6.40. The quantitative estimate of drug-likeness (QED) is 0.378. The summed E-state index contributed by atoms with van der Waals surface area (Å²) in [6.45, 7) is 11.0. The van der Waals surface area contributed by atoms with Gasteiger partial charge in [0.1, 0.15) is 11.5 Å². The zero-order chi connectivity index (χ0) is 22.4. The predicted molar refractivity (Wildman–Crippen MR) is 126 cm³/mol. The van der Waals surface area contributed by atoms with Crippen LogP contribution in [0.15, 0.2) is 48.5 Å². The van der Waals surface area contributed by atoms with Crippen LogP contribution >= 0.6 is 0 Å². The minimum Gasteiger partial charge on any atom is -0.508 e. The molecule has 0 atom stereocenters. The Kier molecular flexibility index (Phi) is 7.29. The Hall–Kier alpha value is -3.34. The second-order valence-electron chi connectivity index (χ2n) is 7.81. The molecule has 0 saturated carbocycles. The number of aromatic nitrogens is 3. The van der Waals surface area contributed by atoms with E-state index < -0.39 is 0 Å². The zero-order valence-corrected chi connectivity index (χ0v) is 19.0. The summed E-state index contributed by atoms with van der Waals surface area (Å²) in [5.41, 5.74) is 8.20. The number of fused-ring (bicyclic) bond motifs is 1. The first-order chi connectivity index (χ1) is 14.9. The number of aromatic hydroxyl groups is 1. The van der Waals surface area contributed by atoms with E-state index in [4.69, 9.17) is 9.84 Å². The van der Waals surface area contributed by atoms with Gasteiger partial charge in [-0.2, -0.15) is 0 Å². The molecule has 1 heterocycles. The van der Waals surface area contributed by atoms with Gasteiger partial charge in [0.15, 0.2) is 11.3 Å². The predicted octanol–water partition coefficient (Wildman–Crippen LogP) is 6.72. The number of phenolic OH excluding ortho intramolecular Hbond substituents is 1. The lowest BCUT2D eigenvalue weighted by atomic mass is 9.90. The third-order valence-electron chi connectivity index (χ3n) is 5.82. The molecule has 0 aliphatic heterocycles. The Bertz CT molecular complexity index is 1150. The Labute approximate surface area is 184 Å². The van der Waals surface area contributed by atoms with Gasteiger partial charge < -0.3 is 9.84 Å². The van der Waals surface area contributed by atoms with Gasteiger partial charge in [0.05, 0.1) is 5.52 Å². The van der Waals surface area contributed by atoms with Crippen molar-refractivity contribution in [2.45, 2.75) is 53.9 Å². The van der Waals surface area contributed by atoms with E-state index in [9.17, 15) is 0 Å². The standard InChI is InChI=1S/C20H25N3O.C6H6O/c1-6-7-9-16-14(4)12(2)13(3)15(5)20(16)24-18-11-8-10-17-19(18)22-23-21-17;7-6-4-2-1-3-5-6/h8,10-11H,6-7,9H2,1-5H3,(H,21,22,23);1-5,7H. The molecule has 0 saturated heterocycles. The number of benzene rings is 3. The van der Waals surface area contributed by atoms with Gasteiger partial charge in [0.25, 0.3) is 0 Å². The first-order valence-corrected chi connectivity index (χ1v) is 10.7. The number of nitrogens with one attached hydrogen (secondary N) is 1. The van der Waals surface area contributed by atoms with Gasteiger partial charge in [-0.15, -0.1) is 5.10 Å². The number of ether oxygens (including phenoxy) is 1. The molecular formula is C26H31N3O2. The summed E-state index contributed by atoms with van der Waals surface area (Å²) in [7, 11) is 0. The molecule has 2 N–H and O–H groups in total. The minimum atomic E-state index is 0.322. The van der Waals surface area contributed by atoms with E-state index in [0.29, 0.717) is 5.75 Å². The van der Waals surface area contributed by atoms with E-state index in [0.717, 1.165) is 35.4 Å². The van der Waals surface area contributed by atoms with Gasteiger partial charge in [0.2, 0.25) is 0 Å². The van der Waals surface area contributed by atoms with E-state index in [-0.39, 0.29) is 0 Å². The van der Waals surface area contributed by atoms with Crippen molar-refractivity contribution in [3.05, 3.63) is 76.3 Å². The highest BCUT2D eigenvalue weighted by atomic mass is 16.5. The molecule has 4 aromatic rings. The number of hydrogen-bond donors (Lipinski definition) is 2. The zero-order valence-electron chi connectivity index (χ0n) is 19.0. The fourth-order valence-electron chi connectivity index (χ4n) is 3.61. The lowest BCUT2D eigenvalue weighted by Gasteiger charge is -2.21. The second-order valence-corrected chi connectivity index (χ2v) is 7.81. The van der Waals surface area contributed by atoms with Gasteiger partial charge >= 0.3 is 0 Å². The van der Waals surface area contributed by atoms with Crippen LogP contribution in [0.25, 0.3) is 11.0 Å². The maximum Gasteiger partial charge on any atom is 0.157 e. The molecule has 0 aliphatic rings. The smallest absolute Gasteiger partial charge is 0.157 e. The van der Waals surface area contributed by atoms with Gasteiger partial charge in [-0.3, -0.25) is 5.10 Å². The third-order valence-corrected chi connectivity index (χ3v) is 5.82. The van der Waals surface area contributed by atoms with Gasteiger partial charge in [-0.25, -0.2) is 0 Å². The number of rotatable bonds is 5. The molecule has 0 amide bonds. The molecule has 162 valence electrons. The Morgan fingerprint density at radius 3 is 2.23 bits per heavy atom. The van der Waals surface area contributed by atoms with Crippen molar-refractivity contribution >= 4 is 11.0 Å². The van der Waals surface area contributed by atoms with Crippen molar-refractivity contribution < 1.29 is 9.84 Å². The molecule has 0 radical (unpaired) electrons. The van der Waals surface area contributed by atoms with Crippen LogP contribution in [-0.4, -0.2) is 20.5 Å². The third kappa shape index (κ3) is 5.05. The van der Waals surface area contributed by atoms with Crippen LogP contribution in [0.3, 0.4) is 0 Å². The van der Waals surface area contributed by atoms with Crippen LogP contribution in [0.5, 0.6) is 17.2 Å².